The smallest absolute Gasteiger partial charge is 0.0781 e. The number of hydrogen-bond donors (Lipinski definition) is 0. The van der Waals surface area contributed by atoms with Gasteiger partial charge in [0.05, 0.1) is 13.4 Å². The van der Waals surface area contributed by atoms with Gasteiger partial charge in [-0.25, -0.2) is 0 Å². The Balaban J connectivity index is -0.0000000419. The lowest BCUT2D eigenvalue weighted by molar-refractivity contribution is 0.337. The summed E-state index contributed by atoms with van der Waals surface area (Å²) in [6.45, 7) is 7.91. The van der Waals surface area contributed by atoms with Crippen LogP contribution in [-0.2, 0) is 4.74 Å². The molecule has 3 heteroatoms. The van der Waals surface area contributed by atoms with Crippen molar-refractivity contribution in [1.82, 2.24) is 4.90 Å². The third-order valence-electron chi connectivity index (χ3n) is 0.272. The van der Waals surface area contributed by atoms with Crippen LogP contribution in [0.2, 0.25) is 0 Å². The van der Waals surface area contributed by atoms with E-state index in [1.54, 1.807) is 13.4 Å². The Hall–Kier alpha value is -0.470. The highest BCUT2D eigenvalue weighted by Gasteiger charge is 1.58. The summed E-state index contributed by atoms with van der Waals surface area (Å²) in [6, 6.07) is 0. The van der Waals surface area contributed by atoms with Crippen molar-refractivity contribution >= 4 is 12.4 Å². The van der Waals surface area contributed by atoms with Gasteiger partial charge in [0, 0.05) is 0 Å². The van der Waals surface area contributed by atoms with Crippen molar-refractivity contribution in [2.24, 2.45) is 0 Å². The fourth-order valence-electron chi connectivity index (χ4n) is 0.136. The van der Waals surface area contributed by atoms with Crippen LogP contribution in [0.25, 0.3) is 0 Å². The summed E-state index contributed by atoms with van der Waals surface area (Å²) in [5.41, 5.74) is 0. The van der Waals surface area contributed by atoms with Crippen molar-refractivity contribution in [3.05, 3.63) is 25.5 Å². The summed E-state index contributed by atoms with van der Waals surface area (Å²) < 4.78 is 4.51. The first-order valence-electron chi connectivity index (χ1n) is 3.40. The van der Waals surface area contributed by atoms with Crippen LogP contribution in [0.4, 0.5) is 0 Å². The highest BCUT2D eigenvalue weighted by atomic mass is 35.5. The van der Waals surface area contributed by atoms with Crippen LogP contribution in [0.5, 0.6) is 0 Å². The highest BCUT2D eigenvalue weighted by molar-refractivity contribution is 5.85. The zero-order chi connectivity index (χ0) is 9.70. The van der Waals surface area contributed by atoms with Crippen LogP contribution in [0.3, 0.4) is 0 Å². The molecule has 0 bridgehead atoms. The first-order chi connectivity index (χ1) is 5.15. The van der Waals surface area contributed by atoms with Gasteiger partial charge in [0.2, 0.25) is 0 Å². The van der Waals surface area contributed by atoms with Crippen LogP contribution in [0.15, 0.2) is 25.5 Å². The van der Waals surface area contributed by atoms with Crippen LogP contribution < -0.4 is 0 Å². The van der Waals surface area contributed by atoms with Gasteiger partial charge in [-0.15, -0.1) is 25.6 Å². The Morgan fingerprint density at radius 3 is 1.42 bits per heavy atom. The van der Waals surface area contributed by atoms with Crippen molar-refractivity contribution in [2.45, 2.75) is 6.92 Å². The third-order valence-corrected chi connectivity index (χ3v) is 0.272. The molecule has 0 aromatic rings. The van der Waals surface area contributed by atoms with E-state index in [0.717, 1.165) is 0 Å². The minimum absolute atomic E-state index is 0. The van der Waals surface area contributed by atoms with E-state index in [1.165, 1.54) is 0 Å². The molecule has 76 valence electrons. The second kappa shape index (κ2) is 31.3. The molecule has 0 fully saturated rings. The van der Waals surface area contributed by atoms with E-state index in [0.29, 0.717) is 0 Å². The van der Waals surface area contributed by atoms with E-state index >= 15 is 0 Å². The van der Waals surface area contributed by atoms with Crippen molar-refractivity contribution in [3.8, 4) is 0 Å². The number of halogens is 1. The minimum Gasteiger partial charge on any atom is -0.505 e. The Labute approximate surface area is 83.3 Å². The van der Waals surface area contributed by atoms with Crippen LogP contribution in [0, 0.1) is 0 Å². The number of rotatable bonds is 1. The minimum atomic E-state index is 0. The molecule has 0 amide bonds. The highest BCUT2D eigenvalue weighted by Crippen LogP contribution is 1.64. The maximum atomic E-state index is 4.51. The molecule has 0 radical (unpaired) electrons. The van der Waals surface area contributed by atoms with Crippen molar-refractivity contribution in [1.29, 1.82) is 0 Å². The Morgan fingerprint density at radius 2 is 1.42 bits per heavy atom. The predicted octanol–water partition coefficient (Wildman–Crippen LogP) is 2.57. The molecule has 0 aromatic carbocycles. The number of nitrogens with zero attached hydrogens (tertiary/aromatic N) is 1. The van der Waals surface area contributed by atoms with Crippen LogP contribution in [-0.4, -0.2) is 33.2 Å². The lowest BCUT2D eigenvalue weighted by Gasteiger charge is -1.90. The second-order valence-corrected chi connectivity index (χ2v) is 2.05. The zero-order valence-corrected chi connectivity index (χ0v) is 9.65. The van der Waals surface area contributed by atoms with E-state index in [1.807, 2.05) is 39.0 Å². The topological polar surface area (TPSA) is 12.5 Å². The summed E-state index contributed by atoms with van der Waals surface area (Å²) in [4.78, 5) is 2.00. The first kappa shape index (κ1) is 22.5. The molecular weight excluding hydrogens is 174 g/mol. The van der Waals surface area contributed by atoms with E-state index in [-0.39, 0.29) is 12.4 Å². The van der Waals surface area contributed by atoms with Gasteiger partial charge in [0.25, 0.3) is 0 Å². The molecule has 0 rings (SSSR count). The SMILES string of the molecule is C=C.CC=COC.CN(C)C.Cl. The average Bonchev–Trinajstić information content (AvgIpc) is 1.93. The summed E-state index contributed by atoms with van der Waals surface area (Å²) in [7, 11) is 7.62. The van der Waals surface area contributed by atoms with E-state index in [2.05, 4.69) is 17.9 Å². The normalized spacial score (nSPS) is 7.17. The molecule has 0 atom stereocenters. The molecule has 0 aliphatic rings. The summed E-state index contributed by atoms with van der Waals surface area (Å²) >= 11 is 0. The lowest BCUT2D eigenvalue weighted by Crippen LogP contribution is -1.99. The second-order valence-electron chi connectivity index (χ2n) is 2.05. The molecule has 0 aliphatic heterocycles. The molecule has 0 saturated carbocycles. The molecule has 0 saturated heterocycles. The summed E-state index contributed by atoms with van der Waals surface area (Å²) in [5.74, 6) is 0. The maximum absolute atomic E-state index is 4.51. The number of methoxy groups -OCH3 is 1. The van der Waals surface area contributed by atoms with Gasteiger partial charge in [-0.3, -0.25) is 0 Å². The van der Waals surface area contributed by atoms with Crippen molar-refractivity contribution in [2.75, 3.05) is 28.3 Å². The van der Waals surface area contributed by atoms with E-state index in [4.69, 9.17) is 0 Å². The molecule has 0 N–H and O–H groups in total. The van der Waals surface area contributed by atoms with Gasteiger partial charge in [-0.05, 0) is 28.1 Å². The number of ether oxygens (including phenoxy) is 1. The Morgan fingerprint density at radius 1 is 1.17 bits per heavy atom. The van der Waals surface area contributed by atoms with Gasteiger partial charge >= 0.3 is 0 Å². The maximum Gasteiger partial charge on any atom is 0.0781 e. The van der Waals surface area contributed by atoms with Gasteiger partial charge in [0.1, 0.15) is 0 Å². The largest absolute Gasteiger partial charge is 0.505 e. The number of hydrogen-bond acceptors (Lipinski definition) is 2. The zero-order valence-electron chi connectivity index (χ0n) is 8.83. The lowest BCUT2D eigenvalue weighted by atomic mass is 10.7. The molecule has 0 aliphatic carbocycles. The van der Waals surface area contributed by atoms with Crippen LogP contribution in [0.1, 0.15) is 6.92 Å². The van der Waals surface area contributed by atoms with Crippen molar-refractivity contribution < 1.29 is 4.74 Å². The first-order valence-corrected chi connectivity index (χ1v) is 3.40. The third kappa shape index (κ3) is 296. The molecule has 0 spiro atoms. The molecule has 2 nitrogen and oxygen atoms in total. The van der Waals surface area contributed by atoms with Crippen molar-refractivity contribution in [3.63, 3.8) is 0 Å². The monoisotopic (exact) mass is 195 g/mol. The van der Waals surface area contributed by atoms with Gasteiger partial charge in [-0.2, -0.15) is 0 Å². The molecule has 0 heterocycles. The fraction of sp³-hybridized carbons (Fsp3) is 0.556. The molecule has 12 heavy (non-hydrogen) atoms. The number of allylic oxidation sites excluding steroid dienone is 1. The standard InChI is InChI=1S/C4H8O.C3H9N.C2H4.ClH/c1-3-4-5-2;1-4(2)3;1-2;/h3-4H,1-2H3;1-3H3;1-2H2;1H. The van der Waals surface area contributed by atoms with Crippen LogP contribution >= 0.6 is 12.4 Å². The summed E-state index contributed by atoms with van der Waals surface area (Å²) in [6.07, 6.45) is 3.46. The predicted molar refractivity (Wildman–Crippen MR) is 59.9 cm³/mol. The summed E-state index contributed by atoms with van der Waals surface area (Å²) in [5, 5.41) is 0. The Kier molecular flexibility index (Phi) is 58.8. The quantitative estimate of drug-likeness (QED) is 0.471. The molecule has 0 unspecified atom stereocenters. The van der Waals surface area contributed by atoms with Gasteiger partial charge in [-0.1, -0.05) is 6.08 Å². The average molecular weight is 196 g/mol. The molecule has 0 aromatic heterocycles. The van der Waals surface area contributed by atoms with Gasteiger partial charge < -0.3 is 9.64 Å². The van der Waals surface area contributed by atoms with Gasteiger partial charge in [0.15, 0.2) is 0 Å². The Bertz CT molecular complexity index is 72.2. The molecular formula is C9H22ClNO. The fourth-order valence-corrected chi connectivity index (χ4v) is 0.136. The van der Waals surface area contributed by atoms with E-state index < -0.39 is 0 Å². The van der Waals surface area contributed by atoms with E-state index in [9.17, 15) is 0 Å².